The Labute approximate surface area is 208 Å². The van der Waals surface area contributed by atoms with Crippen molar-refractivity contribution in [2.24, 2.45) is 0 Å². The Morgan fingerprint density at radius 3 is 2.97 bits per heavy atom. The van der Waals surface area contributed by atoms with Crippen molar-refractivity contribution in [1.29, 1.82) is 0 Å². The number of hydrogen-bond donors (Lipinski definition) is 2. The standard InChI is InChI=1S/C24H19F2N9O2/c25-15-7-19(37-14-1-3-35-21(5-14)29-12-31-35)16(26)6-17(15)32-23-22-18(28-11-30-23)8-20-24(33-22)34-4-2-27-13(9-34)10-36-20/h1,3,5-8,11-13,27H,2,4,9-10H2,(H,28,30,32). The molecule has 0 radical (unpaired) electrons. The molecule has 11 nitrogen and oxygen atoms in total. The first kappa shape index (κ1) is 21.6. The average molecular weight is 503 g/mol. The molecule has 1 atom stereocenters. The number of nitrogens with one attached hydrogen (secondary N) is 2. The van der Waals surface area contributed by atoms with Gasteiger partial charge in [0, 0.05) is 50.1 Å². The molecule has 13 heteroatoms. The first-order valence-electron chi connectivity index (χ1n) is 11.6. The van der Waals surface area contributed by atoms with Gasteiger partial charge in [-0.05, 0) is 6.07 Å². The lowest BCUT2D eigenvalue weighted by atomic mass is 10.2. The summed E-state index contributed by atoms with van der Waals surface area (Å²) in [4.78, 5) is 19.5. The number of halogens is 2. The molecule has 0 saturated carbocycles. The van der Waals surface area contributed by atoms with Crippen molar-refractivity contribution in [3.8, 4) is 17.2 Å². The lowest BCUT2D eigenvalue weighted by Gasteiger charge is -2.31. The summed E-state index contributed by atoms with van der Waals surface area (Å²) >= 11 is 0. The summed E-state index contributed by atoms with van der Waals surface area (Å²) < 4.78 is 43.1. The van der Waals surface area contributed by atoms with Gasteiger partial charge in [-0.2, -0.15) is 5.10 Å². The van der Waals surface area contributed by atoms with E-state index in [1.54, 1.807) is 24.4 Å². The summed E-state index contributed by atoms with van der Waals surface area (Å²) in [6.45, 7) is 2.87. The van der Waals surface area contributed by atoms with Crippen molar-refractivity contribution in [3.05, 3.63) is 60.8 Å². The number of rotatable bonds is 4. The van der Waals surface area contributed by atoms with Crippen LogP contribution in [-0.4, -0.2) is 61.8 Å². The highest BCUT2D eigenvalue weighted by molar-refractivity contribution is 5.90. The van der Waals surface area contributed by atoms with E-state index in [9.17, 15) is 4.39 Å². The van der Waals surface area contributed by atoms with Gasteiger partial charge in [0.25, 0.3) is 0 Å². The van der Waals surface area contributed by atoms with Gasteiger partial charge < -0.3 is 25.0 Å². The van der Waals surface area contributed by atoms with Crippen LogP contribution in [0, 0.1) is 11.6 Å². The van der Waals surface area contributed by atoms with Gasteiger partial charge in [0.15, 0.2) is 40.4 Å². The van der Waals surface area contributed by atoms with E-state index in [-0.39, 0.29) is 23.3 Å². The van der Waals surface area contributed by atoms with Crippen LogP contribution in [0.2, 0.25) is 0 Å². The second-order valence-electron chi connectivity index (χ2n) is 8.72. The summed E-state index contributed by atoms with van der Waals surface area (Å²) in [5.74, 6) is 0.0890. The van der Waals surface area contributed by atoms with Crippen molar-refractivity contribution in [3.63, 3.8) is 0 Å². The van der Waals surface area contributed by atoms with Crippen LogP contribution in [0.25, 0.3) is 16.7 Å². The van der Waals surface area contributed by atoms with Crippen molar-refractivity contribution in [2.75, 3.05) is 36.5 Å². The molecule has 0 aliphatic carbocycles. The van der Waals surface area contributed by atoms with Crippen LogP contribution in [0.15, 0.2) is 49.2 Å². The quantitative estimate of drug-likeness (QED) is 0.379. The van der Waals surface area contributed by atoms with E-state index in [4.69, 9.17) is 14.5 Å². The van der Waals surface area contributed by atoms with Crippen molar-refractivity contribution >= 4 is 34.0 Å². The summed E-state index contributed by atoms with van der Waals surface area (Å²) in [7, 11) is 0. The molecular formula is C24H19F2N9O2. The fraction of sp³-hybridized carbons (Fsp3) is 0.208. The smallest absolute Gasteiger partial charge is 0.172 e. The average Bonchev–Trinajstić information content (AvgIpc) is 3.34. The van der Waals surface area contributed by atoms with E-state index in [1.165, 1.54) is 17.2 Å². The molecule has 1 saturated heterocycles. The van der Waals surface area contributed by atoms with Crippen molar-refractivity contribution in [1.82, 2.24) is 34.9 Å². The molecule has 1 unspecified atom stereocenters. The van der Waals surface area contributed by atoms with Gasteiger partial charge in [-0.15, -0.1) is 0 Å². The van der Waals surface area contributed by atoms with E-state index in [0.717, 1.165) is 31.8 Å². The molecule has 0 amide bonds. The predicted molar refractivity (Wildman–Crippen MR) is 130 cm³/mol. The summed E-state index contributed by atoms with van der Waals surface area (Å²) in [6.07, 6.45) is 4.33. The Hall–Kier alpha value is -4.65. The van der Waals surface area contributed by atoms with Crippen LogP contribution in [0.3, 0.4) is 0 Å². The number of fused-ring (bicyclic) bond motifs is 6. The fourth-order valence-corrected chi connectivity index (χ4v) is 4.52. The second-order valence-corrected chi connectivity index (χ2v) is 8.72. The normalized spacial score (nSPS) is 16.8. The lowest BCUT2D eigenvalue weighted by Crippen LogP contribution is -2.51. The minimum Gasteiger partial charge on any atom is -0.488 e. The first-order chi connectivity index (χ1) is 18.1. The van der Waals surface area contributed by atoms with Crippen LogP contribution in [-0.2, 0) is 0 Å². The highest BCUT2D eigenvalue weighted by Crippen LogP contribution is 2.36. The maximum Gasteiger partial charge on any atom is 0.172 e. The number of aromatic nitrogens is 6. The highest BCUT2D eigenvalue weighted by atomic mass is 19.1. The van der Waals surface area contributed by atoms with E-state index in [2.05, 4.69) is 35.6 Å². The third-order valence-electron chi connectivity index (χ3n) is 6.31. The molecule has 186 valence electrons. The lowest BCUT2D eigenvalue weighted by molar-refractivity contribution is 0.271. The van der Waals surface area contributed by atoms with Gasteiger partial charge in [-0.25, -0.2) is 33.2 Å². The summed E-state index contributed by atoms with van der Waals surface area (Å²) in [5, 5.41) is 10.3. The zero-order valence-corrected chi connectivity index (χ0v) is 19.2. The molecule has 0 spiro atoms. The Bertz CT molecular complexity index is 1660. The summed E-state index contributed by atoms with van der Waals surface area (Å²) in [5.41, 5.74) is 1.34. The Morgan fingerprint density at radius 2 is 2.03 bits per heavy atom. The number of benzene rings is 1. The van der Waals surface area contributed by atoms with Gasteiger partial charge in [-0.1, -0.05) is 0 Å². The molecule has 7 rings (SSSR count). The minimum atomic E-state index is -0.759. The Balaban J connectivity index is 1.21. The van der Waals surface area contributed by atoms with Crippen LogP contribution in [0.5, 0.6) is 17.2 Å². The minimum absolute atomic E-state index is 0.118. The van der Waals surface area contributed by atoms with E-state index >= 15 is 4.39 Å². The van der Waals surface area contributed by atoms with Gasteiger partial charge in [0.2, 0.25) is 0 Å². The van der Waals surface area contributed by atoms with Gasteiger partial charge >= 0.3 is 0 Å². The molecule has 2 bridgehead atoms. The number of anilines is 3. The van der Waals surface area contributed by atoms with Crippen molar-refractivity contribution in [2.45, 2.75) is 6.04 Å². The largest absolute Gasteiger partial charge is 0.488 e. The Kier molecular flexibility index (Phi) is 4.96. The second kappa shape index (κ2) is 8.48. The molecule has 2 aliphatic rings. The highest BCUT2D eigenvalue weighted by Gasteiger charge is 2.28. The molecule has 5 aromatic rings. The molecule has 1 fully saturated rings. The fourth-order valence-electron chi connectivity index (χ4n) is 4.52. The van der Waals surface area contributed by atoms with E-state index in [1.807, 2.05) is 0 Å². The molecule has 1 aromatic carbocycles. The topological polar surface area (TPSA) is 115 Å². The predicted octanol–water partition coefficient (Wildman–Crippen LogP) is 3.05. The van der Waals surface area contributed by atoms with Crippen LogP contribution < -0.4 is 25.0 Å². The maximum atomic E-state index is 15.1. The number of ether oxygens (including phenoxy) is 2. The van der Waals surface area contributed by atoms with Gasteiger partial charge in [0.05, 0.1) is 17.2 Å². The zero-order valence-electron chi connectivity index (χ0n) is 19.2. The van der Waals surface area contributed by atoms with Crippen LogP contribution >= 0.6 is 0 Å². The van der Waals surface area contributed by atoms with Gasteiger partial charge in [-0.3, -0.25) is 0 Å². The number of piperazine rings is 1. The molecule has 4 aromatic heterocycles. The molecule has 6 heterocycles. The van der Waals surface area contributed by atoms with Gasteiger partial charge in [0.1, 0.15) is 30.5 Å². The number of hydrogen-bond acceptors (Lipinski definition) is 10. The molecular weight excluding hydrogens is 484 g/mol. The molecule has 2 N–H and O–H groups in total. The van der Waals surface area contributed by atoms with Crippen LogP contribution in [0.4, 0.5) is 26.1 Å². The number of nitrogens with zero attached hydrogens (tertiary/aromatic N) is 7. The number of pyridine rings is 2. The maximum absolute atomic E-state index is 15.1. The van der Waals surface area contributed by atoms with E-state index < -0.39 is 11.6 Å². The monoisotopic (exact) mass is 503 g/mol. The SMILES string of the molecule is Fc1cc(Oc2ccn3ncnc3c2)c(F)cc1Nc1ncnc2cc3c(nc12)N1CCNC(CO3)C1. The summed E-state index contributed by atoms with van der Waals surface area (Å²) in [6, 6.07) is 7.14. The van der Waals surface area contributed by atoms with Crippen molar-refractivity contribution < 1.29 is 18.3 Å². The Morgan fingerprint density at radius 1 is 1.08 bits per heavy atom. The van der Waals surface area contributed by atoms with Crippen LogP contribution in [0.1, 0.15) is 0 Å². The van der Waals surface area contributed by atoms with E-state index in [0.29, 0.717) is 40.6 Å². The molecule has 2 aliphatic heterocycles. The third-order valence-corrected chi connectivity index (χ3v) is 6.31. The third kappa shape index (κ3) is 3.89. The first-order valence-corrected chi connectivity index (χ1v) is 11.6. The zero-order chi connectivity index (χ0) is 24.9. The molecule has 37 heavy (non-hydrogen) atoms.